The zero-order valence-corrected chi connectivity index (χ0v) is 17.1. The van der Waals surface area contributed by atoms with E-state index in [1.165, 1.54) is 0 Å². The molecule has 0 atom stereocenters. The van der Waals surface area contributed by atoms with Crippen LogP contribution in [0.5, 0.6) is 5.75 Å². The van der Waals surface area contributed by atoms with Crippen LogP contribution in [0.4, 0.5) is 5.69 Å². The van der Waals surface area contributed by atoms with E-state index in [1.807, 2.05) is 0 Å². The minimum Gasteiger partial charge on any atom is -0.494 e. The van der Waals surface area contributed by atoms with Crippen molar-refractivity contribution < 1.29 is 13.9 Å². The van der Waals surface area contributed by atoms with Gasteiger partial charge < -0.3 is 14.5 Å². The van der Waals surface area contributed by atoms with Gasteiger partial charge in [-0.3, -0.25) is 4.79 Å². The molecule has 2 aromatic heterocycles. The number of amides is 1. The third-order valence-corrected chi connectivity index (χ3v) is 4.84. The molecule has 1 N–H and O–H groups in total. The van der Waals surface area contributed by atoms with Gasteiger partial charge in [0.2, 0.25) is 5.89 Å². The van der Waals surface area contributed by atoms with Gasteiger partial charge >= 0.3 is 0 Å². The van der Waals surface area contributed by atoms with Crippen LogP contribution in [0.25, 0.3) is 22.7 Å². The molecule has 7 heteroatoms. The molecule has 0 aliphatic carbocycles. The molecule has 2 heterocycles. The van der Waals surface area contributed by atoms with Gasteiger partial charge in [0.15, 0.2) is 11.2 Å². The molecule has 0 spiro atoms. The summed E-state index contributed by atoms with van der Waals surface area (Å²) in [4.78, 5) is 21.2. The minimum atomic E-state index is -0.270. The molecule has 0 radical (unpaired) electrons. The summed E-state index contributed by atoms with van der Waals surface area (Å²) >= 11 is 6.29. The standard InChI is InChI=1S/C23H20ClN3O3/c1-2-3-13-29-17-9-6-15(7-10-17)22(28)26-19-14-16(8-11-18(19)24)23-27-21-20(30-23)5-4-12-25-21/h4-12,14H,2-3,13H2,1H3,(H,26,28). The van der Waals surface area contributed by atoms with E-state index in [0.29, 0.717) is 45.6 Å². The van der Waals surface area contributed by atoms with Crippen LogP contribution in [-0.2, 0) is 0 Å². The van der Waals surface area contributed by atoms with Crippen LogP contribution in [0.2, 0.25) is 5.02 Å². The Bertz CT molecular complexity index is 1140. The van der Waals surface area contributed by atoms with Gasteiger partial charge in [0.1, 0.15) is 5.75 Å². The van der Waals surface area contributed by atoms with E-state index in [0.717, 1.165) is 18.6 Å². The van der Waals surface area contributed by atoms with Crippen LogP contribution >= 0.6 is 11.6 Å². The Hall–Kier alpha value is -3.38. The van der Waals surface area contributed by atoms with Crippen molar-refractivity contribution in [1.29, 1.82) is 0 Å². The highest BCUT2D eigenvalue weighted by molar-refractivity contribution is 6.34. The highest BCUT2D eigenvalue weighted by Crippen LogP contribution is 2.30. The van der Waals surface area contributed by atoms with Crippen LogP contribution in [-0.4, -0.2) is 22.5 Å². The number of fused-ring (bicyclic) bond motifs is 1. The van der Waals surface area contributed by atoms with E-state index < -0.39 is 0 Å². The largest absolute Gasteiger partial charge is 0.494 e. The quantitative estimate of drug-likeness (QED) is 0.372. The van der Waals surface area contributed by atoms with Gasteiger partial charge in [0, 0.05) is 17.3 Å². The fraction of sp³-hybridized carbons (Fsp3) is 0.174. The second-order valence-corrected chi connectivity index (χ2v) is 7.13. The van der Waals surface area contributed by atoms with Crippen molar-refractivity contribution in [3.05, 3.63) is 71.4 Å². The van der Waals surface area contributed by atoms with Crippen LogP contribution in [0.1, 0.15) is 30.1 Å². The summed E-state index contributed by atoms with van der Waals surface area (Å²) in [6.07, 6.45) is 3.72. The molecule has 1 amide bonds. The number of nitrogens with one attached hydrogen (secondary N) is 1. The van der Waals surface area contributed by atoms with E-state index in [9.17, 15) is 4.79 Å². The fourth-order valence-electron chi connectivity index (χ4n) is 2.88. The summed E-state index contributed by atoms with van der Waals surface area (Å²) in [7, 11) is 0. The Morgan fingerprint density at radius 3 is 2.77 bits per heavy atom. The number of unbranched alkanes of at least 4 members (excludes halogenated alkanes) is 1. The van der Waals surface area contributed by atoms with Crippen molar-refractivity contribution in [2.75, 3.05) is 11.9 Å². The second-order valence-electron chi connectivity index (χ2n) is 6.72. The van der Waals surface area contributed by atoms with Crippen LogP contribution < -0.4 is 10.1 Å². The Kier molecular flexibility index (Phi) is 5.95. The SMILES string of the molecule is CCCCOc1ccc(C(=O)Nc2cc(-c3nc4ncccc4o3)ccc2Cl)cc1. The van der Waals surface area contributed by atoms with Crippen molar-refractivity contribution in [3.8, 4) is 17.2 Å². The first kappa shape index (κ1) is 19.9. The molecule has 0 aliphatic rings. The van der Waals surface area contributed by atoms with Crippen LogP contribution in [0.3, 0.4) is 0 Å². The maximum Gasteiger partial charge on any atom is 0.255 e. The molecule has 0 unspecified atom stereocenters. The van der Waals surface area contributed by atoms with Crippen LogP contribution in [0, 0.1) is 0 Å². The van der Waals surface area contributed by atoms with E-state index >= 15 is 0 Å². The van der Waals surface area contributed by atoms with Crippen molar-refractivity contribution in [1.82, 2.24) is 9.97 Å². The average molecular weight is 422 g/mol. The average Bonchev–Trinajstić information content (AvgIpc) is 3.20. The highest BCUT2D eigenvalue weighted by atomic mass is 35.5. The lowest BCUT2D eigenvalue weighted by molar-refractivity contribution is 0.102. The third-order valence-electron chi connectivity index (χ3n) is 4.51. The normalized spacial score (nSPS) is 10.9. The smallest absolute Gasteiger partial charge is 0.255 e. The molecule has 0 saturated carbocycles. The van der Waals surface area contributed by atoms with Gasteiger partial charge in [0.25, 0.3) is 5.91 Å². The Morgan fingerprint density at radius 1 is 1.17 bits per heavy atom. The van der Waals surface area contributed by atoms with Crippen molar-refractivity contribution in [3.63, 3.8) is 0 Å². The van der Waals surface area contributed by atoms with E-state index in [1.54, 1.807) is 60.8 Å². The van der Waals surface area contributed by atoms with Crippen molar-refractivity contribution >= 4 is 34.4 Å². The topological polar surface area (TPSA) is 77.2 Å². The first-order chi connectivity index (χ1) is 14.6. The lowest BCUT2D eigenvalue weighted by Crippen LogP contribution is -2.12. The molecule has 4 aromatic rings. The number of ether oxygens (including phenoxy) is 1. The van der Waals surface area contributed by atoms with Gasteiger partial charge in [0.05, 0.1) is 17.3 Å². The highest BCUT2D eigenvalue weighted by Gasteiger charge is 2.13. The predicted octanol–water partition coefficient (Wildman–Crippen LogP) is 5.97. The number of benzene rings is 2. The summed E-state index contributed by atoms with van der Waals surface area (Å²) in [5.74, 6) is 0.877. The molecule has 30 heavy (non-hydrogen) atoms. The molecule has 0 fully saturated rings. The van der Waals surface area contributed by atoms with E-state index in [-0.39, 0.29) is 5.91 Å². The second kappa shape index (κ2) is 8.97. The number of rotatable bonds is 7. The Balaban J connectivity index is 1.51. The Morgan fingerprint density at radius 2 is 2.00 bits per heavy atom. The van der Waals surface area contributed by atoms with Gasteiger partial charge in [-0.1, -0.05) is 24.9 Å². The number of carbonyl (C=O) groups is 1. The monoisotopic (exact) mass is 421 g/mol. The molecule has 0 bridgehead atoms. The molecule has 0 aliphatic heterocycles. The lowest BCUT2D eigenvalue weighted by atomic mass is 10.1. The van der Waals surface area contributed by atoms with Crippen molar-refractivity contribution in [2.24, 2.45) is 0 Å². The molecular formula is C23H20ClN3O3. The number of aromatic nitrogens is 2. The molecule has 4 rings (SSSR count). The van der Waals surface area contributed by atoms with Gasteiger partial charge in [-0.2, -0.15) is 4.98 Å². The van der Waals surface area contributed by atoms with E-state index in [4.69, 9.17) is 20.8 Å². The Labute approximate surface area is 178 Å². The summed E-state index contributed by atoms with van der Waals surface area (Å²) in [5, 5.41) is 3.26. The number of carbonyl (C=O) groups excluding carboxylic acids is 1. The van der Waals surface area contributed by atoms with Gasteiger partial charge in [-0.05, 0) is 61.0 Å². The number of hydrogen-bond acceptors (Lipinski definition) is 5. The molecule has 152 valence electrons. The number of halogens is 1. The van der Waals surface area contributed by atoms with E-state index in [2.05, 4.69) is 22.2 Å². The minimum absolute atomic E-state index is 0.270. The van der Waals surface area contributed by atoms with Crippen LogP contribution in [0.15, 0.2) is 65.2 Å². The molecule has 6 nitrogen and oxygen atoms in total. The zero-order valence-electron chi connectivity index (χ0n) is 16.4. The summed E-state index contributed by atoms with van der Waals surface area (Å²) < 4.78 is 11.4. The summed E-state index contributed by atoms with van der Waals surface area (Å²) in [6, 6.07) is 15.8. The lowest BCUT2D eigenvalue weighted by Gasteiger charge is -2.10. The fourth-order valence-corrected chi connectivity index (χ4v) is 3.04. The van der Waals surface area contributed by atoms with Gasteiger partial charge in [-0.25, -0.2) is 4.98 Å². The first-order valence-corrected chi connectivity index (χ1v) is 10.1. The predicted molar refractivity (Wildman–Crippen MR) is 117 cm³/mol. The summed E-state index contributed by atoms with van der Waals surface area (Å²) in [5.41, 5.74) is 2.78. The zero-order chi connectivity index (χ0) is 20.9. The molecule has 2 aromatic carbocycles. The van der Waals surface area contributed by atoms with Crippen molar-refractivity contribution in [2.45, 2.75) is 19.8 Å². The number of nitrogens with zero attached hydrogens (tertiary/aromatic N) is 2. The maximum atomic E-state index is 12.7. The number of pyridine rings is 1. The molecular weight excluding hydrogens is 402 g/mol. The molecule has 0 saturated heterocycles. The van der Waals surface area contributed by atoms with Gasteiger partial charge in [-0.15, -0.1) is 0 Å². The number of oxazole rings is 1. The number of hydrogen-bond donors (Lipinski definition) is 1. The maximum absolute atomic E-state index is 12.7. The summed E-state index contributed by atoms with van der Waals surface area (Å²) in [6.45, 7) is 2.77. The number of anilines is 1. The first-order valence-electron chi connectivity index (χ1n) is 9.70. The third kappa shape index (κ3) is 4.44.